The fourth-order valence-corrected chi connectivity index (χ4v) is 2.83. The molecule has 7 heteroatoms. The van der Waals surface area contributed by atoms with Gasteiger partial charge in [-0.2, -0.15) is 0 Å². The molecule has 0 unspecified atom stereocenters. The molecule has 0 radical (unpaired) electrons. The quantitative estimate of drug-likeness (QED) is 0.640. The van der Waals surface area contributed by atoms with Gasteiger partial charge in [-0.1, -0.05) is 29.3 Å². The van der Waals surface area contributed by atoms with Crippen molar-refractivity contribution in [3.05, 3.63) is 57.1 Å². The van der Waals surface area contributed by atoms with Crippen LogP contribution in [0.2, 0.25) is 4.34 Å². The number of hydrogen-bond acceptors (Lipinski definition) is 6. The molecule has 1 aromatic carbocycles. The number of nitrogens with zero attached hydrogens (tertiary/aromatic N) is 2. The minimum atomic E-state index is -0.643. The smallest absolute Gasteiger partial charge is 0.349 e. The van der Waals surface area contributed by atoms with Gasteiger partial charge >= 0.3 is 5.97 Å². The van der Waals surface area contributed by atoms with E-state index in [1.807, 2.05) is 31.2 Å². The summed E-state index contributed by atoms with van der Waals surface area (Å²) in [6.45, 7) is 3.68. The van der Waals surface area contributed by atoms with Crippen LogP contribution in [0.4, 0.5) is 0 Å². The van der Waals surface area contributed by atoms with Crippen molar-refractivity contribution in [3.63, 3.8) is 0 Å². The highest BCUT2D eigenvalue weighted by Crippen LogP contribution is 2.26. The van der Waals surface area contributed by atoms with Crippen LogP contribution in [0.15, 0.2) is 40.8 Å². The van der Waals surface area contributed by atoms with Gasteiger partial charge in [0.15, 0.2) is 6.10 Å². The van der Waals surface area contributed by atoms with Gasteiger partial charge in [-0.3, -0.25) is 0 Å². The Labute approximate surface area is 141 Å². The van der Waals surface area contributed by atoms with Gasteiger partial charge in [-0.25, -0.2) is 4.79 Å². The summed E-state index contributed by atoms with van der Waals surface area (Å²) in [7, 11) is 0. The van der Waals surface area contributed by atoms with Gasteiger partial charge in [0.1, 0.15) is 4.88 Å². The molecule has 2 aromatic heterocycles. The molecule has 0 amide bonds. The fraction of sp³-hybridized carbons (Fsp3) is 0.188. The summed E-state index contributed by atoms with van der Waals surface area (Å²) in [6.07, 6.45) is -0.643. The predicted molar refractivity (Wildman–Crippen MR) is 87.6 cm³/mol. The molecule has 3 aromatic rings. The van der Waals surface area contributed by atoms with Crippen molar-refractivity contribution in [2.45, 2.75) is 20.0 Å². The molecule has 1 atom stereocenters. The van der Waals surface area contributed by atoms with Gasteiger partial charge in [-0.05, 0) is 38.1 Å². The molecule has 0 spiro atoms. The largest absolute Gasteiger partial charge is 0.448 e. The number of benzene rings is 1. The average molecular weight is 349 g/mol. The van der Waals surface area contributed by atoms with Crippen LogP contribution < -0.4 is 0 Å². The maximum atomic E-state index is 12.0. The summed E-state index contributed by atoms with van der Waals surface area (Å²) < 4.78 is 11.4. The summed E-state index contributed by atoms with van der Waals surface area (Å²) in [5, 5.41) is 7.95. The van der Waals surface area contributed by atoms with Gasteiger partial charge < -0.3 is 9.15 Å². The normalized spacial score (nSPS) is 12.1. The van der Waals surface area contributed by atoms with E-state index in [0.717, 1.165) is 22.5 Å². The van der Waals surface area contributed by atoms with E-state index in [1.54, 1.807) is 19.1 Å². The lowest BCUT2D eigenvalue weighted by Gasteiger charge is -2.07. The molecule has 5 nitrogen and oxygen atoms in total. The molecule has 23 heavy (non-hydrogen) atoms. The Morgan fingerprint density at radius 2 is 1.96 bits per heavy atom. The number of halogens is 1. The summed E-state index contributed by atoms with van der Waals surface area (Å²) >= 11 is 6.97. The molecule has 0 aliphatic heterocycles. The monoisotopic (exact) mass is 348 g/mol. The van der Waals surface area contributed by atoms with E-state index in [0.29, 0.717) is 15.1 Å². The Bertz CT molecular complexity index is 826. The first-order valence-corrected chi connectivity index (χ1v) is 8.09. The molecule has 0 fully saturated rings. The third kappa shape index (κ3) is 3.60. The van der Waals surface area contributed by atoms with Crippen molar-refractivity contribution < 1.29 is 13.9 Å². The number of aromatic nitrogens is 2. The zero-order valence-corrected chi connectivity index (χ0v) is 14.0. The van der Waals surface area contributed by atoms with Gasteiger partial charge in [0.25, 0.3) is 5.89 Å². The summed E-state index contributed by atoms with van der Waals surface area (Å²) in [4.78, 5) is 12.4. The lowest BCUT2D eigenvalue weighted by molar-refractivity contribution is 0.0285. The van der Waals surface area contributed by atoms with Crippen molar-refractivity contribution in [1.82, 2.24) is 10.2 Å². The highest BCUT2D eigenvalue weighted by Gasteiger charge is 2.20. The Hall–Kier alpha value is -2.18. The van der Waals surface area contributed by atoms with E-state index >= 15 is 0 Å². The Morgan fingerprint density at radius 3 is 2.61 bits per heavy atom. The maximum absolute atomic E-state index is 12.0. The number of carbonyl (C=O) groups excluding carboxylic acids is 1. The molecule has 0 saturated carbocycles. The average Bonchev–Trinajstić information content (AvgIpc) is 3.17. The summed E-state index contributed by atoms with van der Waals surface area (Å²) in [6, 6.07) is 11.0. The second-order valence-corrected chi connectivity index (χ2v) is 6.68. The number of hydrogen-bond donors (Lipinski definition) is 0. The van der Waals surface area contributed by atoms with E-state index in [-0.39, 0.29) is 5.89 Å². The third-order valence-electron chi connectivity index (χ3n) is 3.15. The number of carbonyl (C=O) groups is 1. The van der Waals surface area contributed by atoms with Crippen molar-refractivity contribution in [2.75, 3.05) is 0 Å². The molecular formula is C16H13ClN2O3S. The lowest BCUT2D eigenvalue weighted by Crippen LogP contribution is -2.08. The summed E-state index contributed by atoms with van der Waals surface area (Å²) in [5.41, 5.74) is 1.96. The van der Waals surface area contributed by atoms with E-state index < -0.39 is 12.1 Å². The first-order valence-electron chi connectivity index (χ1n) is 6.89. The van der Waals surface area contributed by atoms with Crippen LogP contribution in [-0.2, 0) is 4.74 Å². The highest BCUT2D eigenvalue weighted by atomic mass is 35.5. The number of rotatable bonds is 4. The molecule has 0 N–H and O–H groups in total. The first-order chi connectivity index (χ1) is 11.0. The minimum absolute atomic E-state index is 0.247. The topological polar surface area (TPSA) is 65.2 Å². The van der Waals surface area contributed by atoms with E-state index in [1.165, 1.54) is 0 Å². The second-order valence-electron chi connectivity index (χ2n) is 4.96. The number of ether oxygens (including phenoxy) is 1. The van der Waals surface area contributed by atoms with Gasteiger partial charge in [0, 0.05) is 5.56 Å². The number of esters is 1. The third-order valence-corrected chi connectivity index (χ3v) is 4.36. The Morgan fingerprint density at radius 1 is 1.22 bits per heavy atom. The van der Waals surface area contributed by atoms with Gasteiger partial charge in [0.2, 0.25) is 5.89 Å². The zero-order chi connectivity index (χ0) is 16.4. The standard InChI is InChI=1S/C16H13ClN2O3S/c1-9-3-5-11(6-4-9)15-19-18-14(22-15)10(2)21-16(20)12-7-8-13(17)23-12/h3-8,10H,1-2H3/t10-/m0/s1. The van der Waals surface area contributed by atoms with Crippen LogP contribution in [-0.4, -0.2) is 16.2 Å². The summed E-state index contributed by atoms with van der Waals surface area (Å²) in [5.74, 6) is 0.170. The van der Waals surface area contributed by atoms with E-state index in [2.05, 4.69) is 10.2 Å². The molecule has 0 bridgehead atoms. The molecule has 0 aliphatic rings. The Balaban J connectivity index is 1.72. The Kier molecular flexibility index (Phi) is 4.45. The van der Waals surface area contributed by atoms with Crippen LogP contribution in [0.1, 0.15) is 34.2 Å². The van der Waals surface area contributed by atoms with Crippen molar-refractivity contribution in [3.8, 4) is 11.5 Å². The van der Waals surface area contributed by atoms with Crippen molar-refractivity contribution in [1.29, 1.82) is 0 Å². The van der Waals surface area contributed by atoms with Gasteiger partial charge in [0.05, 0.1) is 4.34 Å². The van der Waals surface area contributed by atoms with Crippen LogP contribution in [0.3, 0.4) is 0 Å². The van der Waals surface area contributed by atoms with Crippen molar-refractivity contribution in [2.24, 2.45) is 0 Å². The van der Waals surface area contributed by atoms with Gasteiger partial charge in [-0.15, -0.1) is 21.5 Å². The van der Waals surface area contributed by atoms with Crippen LogP contribution in [0, 0.1) is 6.92 Å². The van der Waals surface area contributed by atoms with Crippen LogP contribution >= 0.6 is 22.9 Å². The first kappa shape index (κ1) is 15.7. The fourth-order valence-electron chi connectivity index (χ4n) is 1.90. The number of thiophene rings is 1. The van der Waals surface area contributed by atoms with Crippen LogP contribution in [0.5, 0.6) is 0 Å². The molecule has 0 saturated heterocycles. The highest BCUT2D eigenvalue weighted by molar-refractivity contribution is 7.17. The molecule has 0 aliphatic carbocycles. The molecular weight excluding hydrogens is 336 g/mol. The molecule has 118 valence electrons. The molecule has 3 rings (SSSR count). The van der Waals surface area contributed by atoms with Crippen LogP contribution in [0.25, 0.3) is 11.5 Å². The lowest BCUT2D eigenvalue weighted by atomic mass is 10.1. The van der Waals surface area contributed by atoms with E-state index in [9.17, 15) is 4.79 Å². The predicted octanol–water partition coefficient (Wildman–Crippen LogP) is 4.68. The van der Waals surface area contributed by atoms with E-state index in [4.69, 9.17) is 20.8 Å². The maximum Gasteiger partial charge on any atom is 0.349 e. The molecule has 2 heterocycles. The zero-order valence-electron chi connectivity index (χ0n) is 12.4. The minimum Gasteiger partial charge on any atom is -0.448 e. The SMILES string of the molecule is Cc1ccc(-c2nnc([C@H](C)OC(=O)c3ccc(Cl)s3)o2)cc1. The van der Waals surface area contributed by atoms with Crippen molar-refractivity contribution >= 4 is 28.9 Å². The second kappa shape index (κ2) is 6.52. The number of aryl methyl sites for hydroxylation is 1.